The van der Waals surface area contributed by atoms with Crippen molar-refractivity contribution >= 4 is 58.1 Å². The second-order valence-corrected chi connectivity index (χ2v) is 8.22. The number of rotatable bonds is 8. The van der Waals surface area contributed by atoms with Crippen molar-refractivity contribution in [3.8, 4) is 5.75 Å². The summed E-state index contributed by atoms with van der Waals surface area (Å²) in [7, 11) is 1.57. The molecule has 3 rings (SSSR count). The minimum atomic E-state index is -0.351. The van der Waals surface area contributed by atoms with Crippen molar-refractivity contribution in [1.29, 1.82) is 0 Å². The number of benzene rings is 3. The molecule has 0 saturated carbocycles. The monoisotopic (exact) mass is 505 g/mol. The van der Waals surface area contributed by atoms with Gasteiger partial charge >= 0.3 is 6.03 Å². The molecule has 6 nitrogen and oxygen atoms in total. The number of carbonyl (C=O) groups excluding carboxylic acids is 2. The van der Waals surface area contributed by atoms with E-state index in [9.17, 15) is 9.59 Å². The summed E-state index contributed by atoms with van der Waals surface area (Å²) in [5, 5.41) is 6.79. The van der Waals surface area contributed by atoms with Crippen molar-refractivity contribution < 1.29 is 14.3 Å². The zero-order valence-corrected chi connectivity index (χ0v) is 20.0. The van der Waals surface area contributed by atoms with Gasteiger partial charge in [0.15, 0.2) is 0 Å². The van der Waals surface area contributed by atoms with Crippen LogP contribution in [-0.4, -0.2) is 32.1 Å². The molecule has 0 radical (unpaired) electrons. The first-order valence-corrected chi connectivity index (χ1v) is 11.2. The maximum absolute atomic E-state index is 13.1. The molecule has 172 valence electrons. The molecule has 0 bridgehead atoms. The molecule has 0 heterocycles. The Hall–Kier alpha value is -2.93. The molecule has 33 heavy (non-hydrogen) atoms. The van der Waals surface area contributed by atoms with E-state index in [-0.39, 0.29) is 11.9 Å². The largest absolute Gasteiger partial charge is 0.497 e. The summed E-state index contributed by atoms with van der Waals surface area (Å²) in [6.07, 6.45) is 0.511. The molecule has 0 unspecified atom stereocenters. The van der Waals surface area contributed by atoms with Crippen molar-refractivity contribution in [1.82, 2.24) is 5.32 Å². The first-order chi connectivity index (χ1) is 15.9. The summed E-state index contributed by atoms with van der Waals surface area (Å²) < 4.78 is 5.20. The van der Waals surface area contributed by atoms with Crippen LogP contribution in [0.25, 0.3) is 0 Å². The van der Waals surface area contributed by atoms with Gasteiger partial charge in [-0.25, -0.2) is 4.79 Å². The summed E-state index contributed by atoms with van der Waals surface area (Å²) in [6.45, 7) is 0.707. The molecule has 0 aliphatic heterocycles. The highest BCUT2D eigenvalue weighted by Crippen LogP contribution is 2.26. The van der Waals surface area contributed by atoms with Crippen LogP contribution in [0.5, 0.6) is 5.75 Å². The van der Waals surface area contributed by atoms with E-state index in [2.05, 4.69) is 10.6 Å². The topological polar surface area (TPSA) is 70.7 Å². The van der Waals surface area contributed by atoms with E-state index in [1.807, 2.05) is 0 Å². The Kier molecular flexibility index (Phi) is 8.83. The quantitative estimate of drug-likeness (QED) is 0.342. The van der Waals surface area contributed by atoms with E-state index in [0.29, 0.717) is 57.3 Å². The van der Waals surface area contributed by atoms with Gasteiger partial charge in [-0.05, 0) is 61.0 Å². The van der Waals surface area contributed by atoms with Crippen molar-refractivity contribution in [2.75, 3.05) is 30.4 Å². The Labute approximate surface area is 207 Å². The Morgan fingerprint density at radius 2 is 1.64 bits per heavy atom. The normalized spacial score (nSPS) is 10.4. The first-order valence-electron chi connectivity index (χ1n) is 10.1. The average molecular weight is 507 g/mol. The Morgan fingerprint density at radius 3 is 2.30 bits per heavy atom. The lowest BCUT2D eigenvalue weighted by atomic mass is 10.2. The minimum Gasteiger partial charge on any atom is -0.497 e. The molecule has 3 aromatic rings. The van der Waals surface area contributed by atoms with Gasteiger partial charge in [0.2, 0.25) is 0 Å². The van der Waals surface area contributed by atoms with Crippen molar-refractivity contribution in [2.45, 2.75) is 6.42 Å². The molecule has 0 atom stereocenters. The maximum atomic E-state index is 13.1. The van der Waals surface area contributed by atoms with Crippen LogP contribution in [0, 0.1) is 0 Å². The molecule has 9 heteroatoms. The molecule has 0 aromatic heterocycles. The van der Waals surface area contributed by atoms with E-state index in [0.717, 1.165) is 0 Å². The second-order valence-electron chi connectivity index (χ2n) is 7.00. The smallest absolute Gasteiger partial charge is 0.326 e. The van der Waals surface area contributed by atoms with Gasteiger partial charge < -0.3 is 15.4 Å². The van der Waals surface area contributed by atoms with Crippen LogP contribution >= 0.6 is 34.8 Å². The van der Waals surface area contributed by atoms with Gasteiger partial charge in [0.05, 0.1) is 27.7 Å². The molecule has 3 aromatic carbocycles. The van der Waals surface area contributed by atoms with E-state index in [4.69, 9.17) is 39.5 Å². The van der Waals surface area contributed by atoms with Gasteiger partial charge in [-0.3, -0.25) is 9.69 Å². The van der Waals surface area contributed by atoms with Crippen molar-refractivity contribution in [3.05, 3.63) is 87.4 Å². The first kappa shape index (κ1) is 24.7. The van der Waals surface area contributed by atoms with Crippen LogP contribution in [0.2, 0.25) is 15.1 Å². The second kappa shape index (κ2) is 11.8. The number of amides is 3. The summed E-state index contributed by atoms with van der Waals surface area (Å²) in [5.41, 5.74) is 1.59. The van der Waals surface area contributed by atoms with Crippen LogP contribution in [0.15, 0.2) is 66.7 Å². The van der Waals surface area contributed by atoms with Gasteiger partial charge in [0.25, 0.3) is 5.91 Å². The maximum Gasteiger partial charge on any atom is 0.326 e. The Bertz CT molecular complexity index is 1120. The highest BCUT2D eigenvalue weighted by molar-refractivity contribution is 6.42. The predicted octanol–water partition coefficient (Wildman–Crippen LogP) is 6.51. The number of hydrogen-bond acceptors (Lipinski definition) is 3. The standard InChI is InChI=1S/C24H22Cl3N3O3/c1-33-18-10-8-17(9-11-18)30(24(32)29-16-7-12-21(26)22(27)15-16)14-4-13-28-23(31)19-5-2-3-6-20(19)25/h2-3,5-12,15H,4,13-14H2,1H3,(H,28,31)(H,29,32). The third-order valence-electron chi connectivity index (χ3n) is 4.76. The van der Waals surface area contributed by atoms with Crippen molar-refractivity contribution in [2.24, 2.45) is 0 Å². The number of hydrogen-bond donors (Lipinski definition) is 2. The highest BCUT2D eigenvalue weighted by atomic mass is 35.5. The summed E-state index contributed by atoms with van der Waals surface area (Å²) in [5.74, 6) is 0.410. The SMILES string of the molecule is COc1ccc(N(CCCNC(=O)c2ccccc2Cl)C(=O)Nc2ccc(Cl)c(Cl)c2)cc1. The zero-order chi connectivity index (χ0) is 23.8. The van der Waals surface area contributed by atoms with Gasteiger partial charge in [0, 0.05) is 24.5 Å². The number of halogens is 3. The Morgan fingerprint density at radius 1 is 0.909 bits per heavy atom. The molecular weight excluding hydrogens is 485 g/mol. The molecule has 0 spiro atoms. The van der Waals surface area contributed by atoms with Crippen LogP contribution in [0.3, 0.4) is 0 Å². The third-order valence-corrected chi connectivity index (χ3v) is 5.83. The van der Waals surface area contributed by atoms with Gasteiger partial charge in [0.1, 0.15) is 5.75 Å². The van der Waals surface area contributed by atoms with Crippen molar-refractivity contribution in [3.63, 3.8) is 0 Å². The third kappa shape index (κ3) is 6.78. The highest BCUT2D eigenvalue weighted by Gasteiger charge is 2.17. The molecule has 3 amide bonds. The van der Waals surface area contributed by atoms with Crippen LogP contribution in [0.1, 0.15) is 16.8 Å². The molecule has 0 saturated heterocycles. The number of methoxy groups -OCH3 is 1. The van der Waals surface area contributed by atoms with E-state index >= 15 is 0 Å². The van der Waals surface area contributed by atoms with Gasteiger partial charge in [-0.2, -0.15) is 0 Å². The zero-order valence-electron chi connectivity index (χ0n) is 17.8. The number of carbonyl (C=O) groups is 2. The molecule has 0 fully saturated rings. The molecule has 0 aliphatic rings. The fraction of sp³-hybridized carbons (Fsp3) is 0.167. The minimum absolute atomic E-state index is 0.267. The van der Waals surface area contributed by atoms with E-state index in [1.54, 1.807) is 78.7 Å². The van der Waals surface area contributed by atoms with Crippen LogP contribution in [0.4, 0.5) is 16.2 Å². The van der Waals surface area contributed by atoms with Gasteiger partial charge in [-0.1, -0.05) is 46.9 Å². The summed E-state index contributed by atoms with van der Waals surface area (Å²) in [6, 6.07) is 18.5. The number of nitrogens with one attached hydrogen (secondary N) is 2. The number of anilines is 2. The van der Waals surface area contributed by atoms with Crippen LogP contribution in [-0.2, 0) is 0 Å². The Balaban J connectivity index is 1.67. The summed E-state index contributed by atoms with van der Waals surface area (Å²) in [4.78, 5) is 27.0. The number of nitrogens with zero attached hydrogens (tertiary/aromatic N) is 1. The lowest BCUT2D eigenvalue weighted by Gasteiger charge is -2.24. The molecular formula is C24H22Cl3N3O3. The number of ether oxygens (including phenoxy) is 1. The molecule has 2 N–H and O–H groups in total. The molecule has 0 aliphatic carbocycles. The lowest BCUT2D eigenvalue weighted by molar-refractivity contribution is 0.0953. The van der Waals surface area contributed by atoms with Gasteiger partial charge in [-0.15, -0.1) is 0 Å². The van der Waals surface area contributed by atoms with Crippen LogP contribution < -0.4 is 20.3 Å². The predicted molar refractivity (Wildman–Crippen MR) is 134 cm³/mol. The fourth-order valence-electron chi connectivity index (χ4n) is 3.05. The average Bonchev–Trinajstić information content (AvgIpc) is 2.81. The fourth-order valence-corrected chi connectivity index (χ4v) is 3.57. The lowest BCUT2D eigenvalue weighted by Crippen LogP contribution is -2.37. The summed E-state index contributed by atoms with van der Waals surface area (Å²) >= 11 is 18.1. The van der Waals surface area contributed by atoms with E-state index in [1.165, 1.54) is 0 Å². The number of urea groups is 1. The van der Waals surface area contributed by atoms with E-state index < -0.39 is 0 Å².